The number of aryl methyl sites for hydroxylation is 1. The predicted molar refractivity (Wildman–Crippen MR) is 114 cm³/mol. The molecule has 1 aromatic rings. The Morgan fingerprint density at radius 1 is 1.17 bits per heavy atom. The second-order valence-electron chi connectivity index (χ2n) is 8.21. The molecule has 7 heteroatoms. The molecule has 7 nitrogen and oxygen atoms in total. The van der Waals surface area contributed by atoms with Crippen LogP contribution >= 0.6 is 0 Å². The van der Waals surface area contributed by atoms with E-state index in [1.807, 2.05) is 31.2 Å². The molecule has 3 rings (SSSR count). The first-order chi connectivity index (χ1) is 14.0. The number of carbonyl (C=O) groups is 2. The van der Waals surface area contributed by atoms with Gasteiger partial charge in [0.1, 0.15) is 0 Å². The van der Waals surface area contributed by atoms with Crippen molar-refractivity contribution in [2.75, 3.05) is 51.3 Å². The third kappa shape index (κ3) is 6.72. The van der Waals surface area contributed by atoms with Crippen molar-refractivity contribution in [3.63, 3.8) is 0 Å². The highest BCUT2D eigenvalue weighted by Gasteiger charge is 2.28. The number of likely N-dealkylation sites (tertiary alicyclic amines) is 1. The van der Waals surface area contributed by atoms with Crippen LogP contribution < -0.4 is 10.6 Å². The zero-order valence-electron chi connectivity index (χ0n) is 17.7. The Morgan fingerprint density at radius 3 is 2.59 bits per heavy atom. The lowest BCUT2D eigenvalue weighted by Crippen LogP contribution is -2.46. The van der Waals surface area contributed by atoms with Crippen LogP contribution in [-0.2, 0) is 9.53 Å². The molecule has 3 amide bonds. The first kappa shape index (κ1) is 21.6. The maximum atomic E-state index is 12.6. The first-order valence-electron chi connectivity index (χ1n) is 10.7. The number of morpholine rings is 1. The van der Waals surface area contributed by atoms with Gasteiger partial charge in [0.05, 0.1) is 13.2 Å². The van der Waals surface area contributed by atoms with Crippen LogP contribution in [0.5, 0.6) is 0 Å². The van der Waals surface area contributed by atoms with Crippen LogP contribution in [0.3, 0.4) is 0 Å². The highest BCUT2D eigenvalue weighted by molar-refractivity contribution is 5.89. The molecule has 29 heavy (non-hydrogen) atoms. The van der Waals surface area contributed by atoms with Crippen LogP contribution in [0, 0.1) is 12.8 Å². The molecule has 1 unspecified atom stereocenters. The highest BCUT2D eigenvalue weighted by Crippen LogP contribution is 2.19. The number of nitrogens with one attached hydrogen (secondary N) is 2. The van der Waals surface area contributed by atoms with Crippen molar-refractivity contribution in [2.45, 2.75) is 39.2 Å². The van der Waals surface area contributed by atoms with Crippen molar-refractivity contribution in [3.05, 3.63) is 29.8 Å². The van der Waals surface area contributed by atoms with E-state index in [4.69, 9.17) is 4.74 Å². The SMILES string of the molecule is Cc1cccc(NC(=O)N2CCC(C(=O)NC(C)CCN3CCOCC3)CC2)c1. The number of carbonyl (C=O) groups excluding carboxylic acids is 2. The predicted octanol–water partition coefficient (Wildman–Crippen LogP) is 2.47. The summed E-state index contributed by atoms with van der Waals surface area (Å²) in [5, 5.41) is 6.11. The normalized spacial score (nSPS) is 19.6. The molecule has 2 aliphatic rings. The summed E-state index contributed by atoms with van der Waals surface area (Å²) in [4.78, 5) is 29.3. The number of amides is 3. The molecule has 160 valence electrons. The van der Waals surface area contributed by atoms with E-state index in [1.54, 1.807) is 4.90 Å². The zero-order valence-corrected chi connectivity index (χ0v) is 17.7. The molecule has 0 aliphatic carbocycles. The average molecular weight is 403 g/mol. The summed E-state index contributed by atoms with van der Waals surface area (Å²) in [6.45, 7) is 9.84. The van der Waals surface area contributed by atoms with E-state index in [0.29, 0.717) is 25.9 Å². The lowest BCUT2D eigenvalue weighted by molar-refractivity contribution is -0.126. The molecule has 2 N–H and O–H groups in total. The van der Waals surface area contributed by atoms with Gasteiger partial charge in [0, 0.05) is 50.4 Å². The molecular formula is C22H34N4O3. The number of hydrogen-bond acceptors (Lipinski definition) is 4. The fourth-order valence-corrected chi connectivity index (χ4v) is 3.90. The van der Waals surface area contributed by atoms with Crippen molar-refractivity contribution >= 4 is 17.6 Å². The number of nitrogens with zero attached hydrogens (tertiary/aromatic N) is 2. The second-order valence-corrected chi connectivity index (χ2v) is 8.21. The van der Waals surface area contributed by atoms with Gasteiger partial charge in [-0.05, 0) is 50.8 Å². The van der Waals surface area contributed by atoms with Crippen LogP contribution in [-0.4, -0.2) is 73.7 Å². The van der Waals surface area contributed by atoms with Crippen LogP contribution in [0.25, 0.3) is 0 Å². The van der Waals surface area contributed by atoms with Gasteiger partial charge >= 0.3 is 6.03 Å². The molecule has 0 aromatic heterocycles. The van der Waals surface area contributed by atoms with Crippen LogP contribution in [0.4, 0.5) is 10.5 Å². The number of rotatable bonds is 6. The topological polar surface area (TPSA) is 73.9 Å². The van der Waals surface area contributed by atoms with E-state index in [1.165, 1.54) is 0 Å². The molecule has 0 radical (unpaired) electrons. The van der Waals surface area contributed by atoms with E-state index < -0.39 is 0 Å². The maximum absolute atomic E-state index is 12.6. The molecule has 1 aromatic carbocycles. The first-order valence-corrected chi connectivity index (χ1v) is 10.7. The summed E-state index contributed by atoms with van der Waals surface area (Å²) in [6, 6.07) is 7.85. The van der Waals surface area contributed by atoms with Gasteiger partial charge in [-0.15, -0.1) is 0 Å². The molecule has 2 heterocycles. The molecule has 2 saturated heterocycles. The summed E-state index contributed by atoms with van der Waals surface area (Å²) in [7, 11) is 0. The van der Waals surface area contributed by atoms with Gasteiger partial charge in [-0.2, -0.15) is 0 Å². The van der Waals surface area contributed by atoms with Gasteiger partial charge in [-0.1, -0.05) is 12.1 Å². The number of benzene rings is 1. The van der Waals surface area contributed by atoms with E-state index in [-0.39, 0.29) is 23.9 Å². The Labute approximate surface area is 173 Å². The van der Waals surface area contributed by atoms with Gasteiger partial charge in [0.15, 0.2) is 0 Å². The summed E-state index contributed by atoms with van der Waals surface area (Å²) in [6.07, 6.45) is 2.37. The molecule has 2 aliphatic heterocycles. The van der Waals surface area contributed by atoms with Crippen molar-refractivity contribution in [3.8, 4) is 0 Å². The van der Waals surface area contributed by atoms with Gasteiger partial charge in [0.2, 0.25) is 5.91 Å². The van der Waals surface area contributed by atoms with Crippen LogP contribution in [0.1, 0.15) is 31.7 Å². The summed E-state index contributed by atoms with van der Waals surface area (Å²) in [5.74, 6) is 0.113. The van der Waals surface area contributed by atoms with E-state index in [9.17, 15) is 9.59 Å². The molecule has 2 fully saturated rings. The highest BCUT2D eigenvalue weighted by atomic mass is 16.5. The standard InChI is InChI=1S/C22H34N4O3/c1-17-4-3-5-20(16-17)24-22(28)26-10-7-19(8-11-26)21(27)23-18(2)6-9-25-12-14-29-15-13-25/h3-5,16,18-19H,6-15H2,1-2H3,(H,23,27)(H,24,28). The van der Waals surface area contributed by atoms with Gasteiger partial charge in [-0.25, -0.2) is 4.79 Å². The second kappa shape index (κ2) is 10.6. The summed E-state index contributed by atoms with van der Waals surface area (Å²) in [5.41, 5.74) is 1.92. The molecule has 1 atom stereocenters. The average Bonchev–Trinajstić information content (AvgIpc) is 2.73. The van der Waals surface area contributed by atoms with Crippen molar-refractivity contribution < 1.29 is 14.3 Å². The van der Waals surface area contributed by atoms with Crippen molar-refractivity contribution in [2.24, 2.45) is 5.92 Å². The minimum Gasteiger partial charge on any atom is -0.379 e. The minimum atomic E-state index is -0.0895. The van der Waals surface area contributed by atoms with E-state index in [0.717, 1.165) is 50.5 Å². The smallest absolute Gasteiger partial charge is 0.321 e. The van der Waals surface area contributed by atoms with Gasteiger partial charge < -0.3 is 20.3 Å². The summed E-state index contributed by atoms with van der Waals surface area (Å²) >= 11 is 0. The number of urea groups is 1. The summed E-state index contributed by atoms with van der Waals surface area (Å²) < 4.78 is 5.37. The van der Waals surface area contributed by atoms with E-state index >= 15 is 0 Å². The maximum Gasteiger partial charge on any atom is 0.321 e. The number of ether oxygens (including phenoxy) is 1. The third-order valence-corrected chi connectivity index (χ3v) is 5.79. The Balaban J connectivity index is 1.36. The molecule has 0 bridgehead atoms. The number of piperidine rings is 1. The van der Waals surface area contributed by atoms with Crippen LogP contribution in [0.2, 0.25) is 0 Å². The minimum absolute atomic E-state index is 0.0103. The Morgan fingerprint density at radius 2 is 1.90 bits per heavy atom. The van der Waals surface area contributed by atoms with Crippen molar-refractivity contribution in [1.29, 1.82) is 0 Å². The zero-order chi connectivity index (χ0) is 20.6. The molecular weight excluding hydrogens is 368 g/mol. The Hall–Kier alpha value is -2.12. The molecule has 0 saturated carbocycles. The van der Waals surface area contributed by atoms with Gasteiger partial charge in [0.25, 0.3) is 0 Å². The lowest BCUT2D eigenvalue weighted by atomic mass is 9.95. The Kier molecular flexibility index (Phi) is 7.89. The van der Waals surface area contributed by atoms with Crippen molar-refractivity contribution in [1.82, 2.24) is 15.1 Å². The fourth-order valence-electron chi connectivity index (χ4n) is 3.90. The largest absolute Gasteiger partial charge is 0.379 e. The lowest BCUT2D eigenvalue weighted by Gasteiger charge is -2.32. The molecule has 0 spiro atoms. The monoisotopic (exact) mass is 402 g/mol. The fraction of sp³-hybridized carbons (Fsp3) is 0.636. The Bertz CT molecular complexity index is 682. The van der Waals surface area contributed by atoms with Crippen LogP contribution in [0.15, 0.2) is 24.3 Å². The quantitative estimate of drug-likeness (QED) is 0.767. The third-order valence-electron chi connectivity index (χ3n) is 5.79. The number of hydrogen-bond donors (Lipinski definition) is 2. The van der Waals surface area contributed by atoms with Gasteiger partial charge in [-0.3, -0.25) is 9.69 Å². The van der Waals surface area contributed by atoms with E-state index in [2.05, 4.69) is 22.5 Å². The number of anilines is 1.